The molecule has 2 aromatic carbocycles. The molecule has 0 radical (unpaired) electrons. The van der Waals surface area contributed by atoms with Crippen molar-refractivity contribution in [2.45, 2.75) is 5.09 Å². The monoisotopic (exact) mass is 404 g/mol. The van der Waals surface area contributed by atoms with E-state index in [1.54, 1.807) is 30.5 Å². The van der Waals surface area contributed by atoms with Crippen LogP contribution in [0.1, 0.15) is 15.9 Å². The maximum Gasteiger partial charge on any atom is 0.203 e. The average Bonchev–Trinajstić information content (AvgIpc) is 3.11. The van der Waals surface area contributed by atoms with Crippen molar-refractivity contribution in [2.24, 2.45) is 0 Å². The zero-order chi connectivity index (χ0) is 20.4. The molecule has 7 nitrogen and oxygen atoms in total. The van der Waals surface area contributed by atoms with Crippen LogP contribution in [0.3, 0.4) is 0 Å². The van der Waals surface area contributed by atoms with Crippen LogP contribution in [0.2, 0.25) is 0 Å². The van der Waals surface area contributed by atoms with Gasteiger partial charge in [0.2, 0.25) is 11.5 Å². The number of rotatable bonds is 7. The second-order valence-electron chi connectivity index (χ2n) is 5.70. The van der Waals surface area contributed by atoms with Gasteiger partial charge < -0.3 is 28.5 Å². The molecule has 0 fully saturated rings. The van der Waals surface area contributed by atoms with E-state index in [9.17, 15) is 9.90 Å². The molecule has 8 heteroatoms. The number of methoxy groups -OCH3 is 4. The predicted octanol–water partition coefficient (Wildman–Crippen LogP) is 4.13. The van der Waals surface area contributed by atoms with E-state index in [2.05, 4.69) is 0 Å². The zero-order valence-electron chi connectivity index (χ0n) is 16.1. The van der Waals surface area contributed by atoms with Crippen molar-refractivity contribution in [1.82, 2.24) is 0 Å². The minimum Gasteiger partial charge on any atom is -0.502 e. The van der Waals surface area contributed by atoms with Gasteiger partial charge in [0.25, 0.3) is 0 Å². The van der Waals surface area contributed by atoms with Crippen molar-refractivity contribution in [3.05, 3.63) is 35.4 Å². The minimum absolute atomic E-state index is 0.153. The maximum atomic E-state index is 13.4. The van der Waals surface area contributed by atoms with E-state index in [1.807, 2.05) is 0 Å². The molecule has 3 rings (SSSR count). The molecule has 0 saturated heterocycles. The van der Waals surface area contributed by atoms with E-state index in [0.29, 0.717) is 38.9 Å². The molecule has 3 aromatic rings. The van der Waals surface area contributed by atoms with Crippen molar-refractivity contribution in [3.63, 3.8) is 0 Å². The Morgan fingerprint density at radius 2 is 1.57 bits per heavy atom. The number of benzene rings is 2. The van der Waals surface area contributed by atoms with Gasteiger partial charge in [-0.3, -0.25) is 4.79 Å². The van der Waals surface area contributed by atoms with Gasteiger partial charge in [0.05, 0.1) is 34.0 Å². The van der Waals surface area contributed by atoms with Gasteiger partial charge in [-0.05, 0) is 30.5 Å². The lowest BCUT2D eigenvalue weighted by molar-refractivity contribution is 0.103. The smallest absolute Gasteiger partial charge is 0.203 e. The summed E-state index contributed by atoms with van der Waals surface area (Å²) in [6.45, 7) is 0. The molecule has 0 aliphatic carbocycles. The first-order chi connectivity index (χ1) is 13.5. The Kier molecular flexibility index (Phi) is 5.60. The molecule has 0 spiro atoms. The van der Waals surface area contributed by atoms with Gasteiger partial charge >= 0.3 is 0 Å². The number of ether oxygens (including phenoxy) is 4. The van der Waals surface area contributed by atoms with Gasteiger partial charge in [-0.1, -0.05) is 11.8 Å². The number of phenols is 1. The van der Waals surface area contributed by atoms with Crippen LogP contribution < -0.4 is 18.9 Å². The maximum absolute atomic E-state index is 13.4. The molecular formula is C20H20O7S. The summed E-state index contributed by atoms with van der Waals surface area (Å²) in [6.07, 6.45) is 1.79. The molecule has 0 bridgehead atoms. The quantitative estimate of drug-likeness (QED) is 0.465. The SMILES string of the molecule is COc1cc(C(=O)c2c(SC)oc3c(O)c(OC)ccc23)cc(OC)c1OC. The van der Waals surface area contributed by atoms with Crippen LogP contribution in [0.25, 0.3) is 11.0 Å². The van der Waals surface area contributed by atoms with E-state index in [-0.39, 0.29) is 22.9 Å². The van der Waals surface area contributed by atoms with E-state index < -0.39 is 0 Å². The summed E-state index contributed by atoms with van der Waals surface area (Å²) < 4.78 is 26.9. The van der Waals surface area contributed by atoms with E-state index >= 15 is 0 Å². The third kappa shape index (κ3) is 3.09. The molecule has 1 N–H and O–H groups in total. The molecule has 0 amide bonds. The minimum atomic E-state index is -0.299. The van der Waals surface area contributed by atoms with Gasteiger partial charge in [-0.15, -0.1) is 0 Å². The molecule has 0 unspecified atom stereocenters. The summed E-state index contributed by atoms with van der Waals surface area (Å²) in [4.78, 5) is 13.4. The number of thioether (sulfide) groups is 1. The third-order valence-electron chi connectivity index (χ3n) is 4.32. The van der Waals surface area contributed by atoms with Gasteiger partial charge in [0, 0.05) is 10.9 Å². The van der Waals surface area contributed by atoms with E-state index in [4.69, 9.17) is 23.4 Å². The summed E-state index contributed by atoms with van der Waals surface area (Å²) in [5, 5.41) is 11.2. The molecule has 0 saturated carbocycles. The highest BCUT2D eigenvalue weighted by atomic mass is 32.2. The van der Waals surface area contributed by atoms with Crippen LogP contribution in [0, 0.1) is 0 Å². The molecular weight excluding hydrogens is 384 g/mol. The Hall–Kier alpha value is -3.00. The van der Waals surface area contributed by atoms with Crippen LogP contribution in [-0.4, -0.2) is 45.6 Å². The number of phenolic OH excluding ortho intramolecular Hbond substituents is 1. The van der Waals surface area contributed by atoms with Crippen LogP contribution in [0.4, 0.5) is 0 Å². The van der Waals surface area contributed by atoms with E-state index in [1.165, 1.54) is 40.2 Å². The number of aromatic hydroxyl groups is 1. The summed E-state index contributed by atoms with van der Waals surface area (Å²) in [5.41, 5.74) is 0.872. The number of ketones is 1. The van der Waals surface area contributed by atoms with Crippen molar-refractivity contribution in [2.75, 3.05) is 34.7 Å². The summed E-state index contributed by atoms with van der Waals surface area (Å²) in [7, 11) is 5.90. The predicted molar refractivity (Wildman–Crippen MR) is 106 cm³/mol. The Morgan fingerprint density at radius 3 is 2.07 bits per heavy atom. The first kappa shape index (κ1) is 19.8. The Labute approximate surface area is 166 Å². The first-order valence-electron chi connectivity index (χ1n) is 8.21. The molecule has 28 heavy (non-hydrogen) atoms. The highest BCUT2D eigenvalue weighted by Gasteiger charge is 2.26. The summed E-state index contributed by atoms with van der Waals surface area (Å²) in [6, 6.07) is 6.43. The fourth-order valence-electron chi connectivity index (χ4n) is 2.99. The normalized spacial score (nSPS) is 10.8. The van der Waals surface area contributed by atoms with Crippen molar-refractivity contribution in [1.29, 1.82) is 0 Å². The lowest BCUT2D eigenvalue weighted by atomic mass is 10.0. The number of carbonyl (C=O) groups is 1. The second kappa shape index (κ2) is 7.93. The highest BCUT2D eigenvalue weighted by molar-refractivity contribution is 7.98. The average molecular weight is 404 g/mol. The number of furan rings is 1. The van der Waals surface area contributed by atoms with E-state index in [0.717, 1.165) is 0 Å². The summed E-state index contributed by atoms with van der Waals surface area (Å²) in [5.74, 6) is 0.944. The molecule has 148 valence electrons. The molecule has 0 atom stereocenters. The Balaban J connectivity index is 2.23. The number of fused-ring (bicyclic) bond motifs is 1. The Morgan fingerprint density at radius 1 is 0.964 bits per heavy atom. The third-order valence-corrected chi connectivity index (χ3v) is 4.98. The fraction of sp³-hybridized carbons (Fsp3) is 0.250. The highest BCUT2D eigenvalue weighted by Crippen LogP contribution is 2.43. The van der Waals surface area contributed by atoms with Crippen LogP contribution in [0.5, 0.6) is 28.7 Å². The second-order valence-corrected chi connectivity index (χ2v) is 6.48. The molecule has 1 aromatic heterocycles. The first-order valence-corrected chi connectivity index (χ1v) is 9.44. The van der Waals surface area contributed by atoms with Gasteiger partial charge in [-0.2, -0.15) is 0 Å². The lowest BCUT2D eigenvalue weighted by Gasteiger charge is -2.13. The number of hydrogen-bond acceptors (Lipinski definition) is 8. The molecule has 0 aliphatic rings. The van der Waals surface area contributed by atoms with Crippen molar-refractivity contribution in [3.8, 4) is 28.7 Å². The lowest BCUT2D eigenvalue weighted by Crippen LogP contribution is -2.04. The summed E-state index contributed by atoms with van der Waals surface area (Å²) >= 11 is 1.27. The van der Waals surface area contributed by atoms with Crippen molar-refractivity contribution < 1.29 is 33.3 Å². The standard InChI is InChI=1S/C20H20O7S/c1-23-12-7-6-11-15(20(28-5)27-18(11)17(12)22)16(21)10-8-13(24-2)19(26-4)14(9-10)25-3/h6-9,22H,1-5H3. The van der Waals surface area contributed by atoms with Gasteiger partial charge in [0.15, 0.2) is 33.7 Å². The van der Waals surface area contributed by atoms with Crippen LogP contribution in [0.15, 0.2) is 33.8 Å². The largest absolute Gasteiger partial charge is 0.502 e. The zero-order valence-corrected chi connectivity index (χ0v) is 16.9. The van der Waals surface area contributed by atoms with Gasteiger partial charge in [-0.25, -0.2) is 0 Å². The van der Waals surface area contributed by atoms with Crippen LogP contribution in [-0.2, 0) is 0 Å². The fourth-order valence-corrected chi connectivity index (χ4v) is 3.56. The number of carbonyl (C=O) groups excluding carboxylic acids is 1. The van der Waals surface area contributed by atoms with Crippen LogP contribution >= 0.6 is 11.8 Å². The topological polar surface area (TPSA) is 87.4 Å². The van der Waals surface area contributed by atoms with Crippen molar-refractivity contribution >= 4 is 28.5 Å². The Bertz CT molecular complexity index is 1010. The molecule has 0 aliphatic heterocycles. The van der Waals surface area contributed by atoms with Gasteiger partial charge in [0.1, 0.15) is 0 Å². The number of hydrogen-bond donors (Lipinski definition) is 1. The molecule has 1 heterocycles.